The van der Waals surface area contributed by atoms with Crippen LogP contribution in [0, 0.1) is 5.82 Å². The minimum atomic E-state index is -0.206. The van der Waals surface area contributed by atoms with E-state index in [0.29, 0.717) is 5.39 Å². The third-order valence-electron chi connectivity index (χ3n) is 3.88. The second kappa shape index (κ2) is 5.61. The normalized spacial score (nSPS) is 10.8. The summed E-state index contributed by atoms with van der Waals surface area (Å²) in [7, 11) is 0. The molecule has 3 aromatic carbocycles. The summed E-state index contributed by atoms with van der Waals surface area (Å²) in [5.74, 6) is -0.206. The highest BCUT2D eigenvalue weighted by atomic mass is 19.1. The first-order valence-corrected chi connectivity index (χ1v) is 7.51. The second-order valence-corrected chi connectivity index (χ2v) is 5.32. The molecule has 112 valence electrons. The molecule has 0 amide bonds. The minimum absolute atomic E-state index is 0.206. The maximum absolute atomic E-state index is 14.0. The lowest BCUT2D eigenvalue weighted by Gasteiger charge is -2.27. The van der Waals surface area contributed by atoms with Crippen molar-refractivity contribution in [3.63, 3.8) is 0 Å². The van der Waals surface area contributed by atoms with E-state index in [2.05, 4.69) is 5.01 Å². The monoisotopic (exact) mass is 302 g/mol. The van der Waals surface area contributed by atoms with Crippen LogP contribution < -0.4 is 5.01 Å². The molecule has 0 aliphatic heterocycles. The van der Waals surface area contributed by atoms with Crippen molar-refractivity contribution < 1.29 is 4.39 Å². The maximum Gasteiger partial charge on any atom is 0.132 e. The van der Waals surface area contributed by atoms with Gasteiger partial charge >= 0.3 is 0 Å². The Hall–Kier alpha value is -3.07. The topological polar surface area (TPSA) is 8.17 Å². The summed E-state index contributed by atoms with van der Waals surface area (Å²) in [6, 6.07) is 27.1. The SMILES string of the molecule is Fc1cccc2c1ccn2N(c1ccccc1)c1ccccc1. The molecule has 0 aliphatic rings. The van der Waals surface area contributed by atoms with Crippen LogP contribution in [-0.4, -0.2) is 4.68 Å². The number of hydrogen-bond acceptors (Lipinski definition) is 1. The quantitative estimate of drug-likeness (QED) is 0.493. The molecule has 0 unspecified atom stereocenters. The average molecular weight is 302 g/mol. The van der Waals surface area contributed by atoms with Gasteiger partial charge in [0.05, 0.1) is 16.9 Å². The number of fused-ring (bicyclic) bond motifs is 1. The summed E-state index contributed by atoms with van der Waals surface area (Å²) in [4.78, 5) is 0. The minimum Gasteiger partial charge on any atom is -0.256 e. The molecule has 0 saturated carbocycles. The third-order valence-corrected chi connectivity index (χ3v) is 3.88. The van der Waals surface area contributed by atoms with Gasteiger partial charge in [0.15, 0.2) is 0 Å². The van der Waals surface area contributed by atoms with Gasteiger partial charge in [-0.3, -0.25) is 4.68 Å². The number of nitrogens with zero attached hydrogens (tertiary/aromatic N) is 2. The van der Waals surface area contributed by atoms with Gasteiger partial charge in [0, 0.05) is 11.6 Å². The maximum atomic E-state index is 14.0. The Morgan fingerprint density at radius 2 is 1.26 bits per heavy atom. The molecule has 0 fully saturated rings. The highest BCUT2D eigenvalue weighted by Gasteiger charge is 2.14. The first-order chi connectivity index (χ1) is 11.3. The molecule has 0 N–H and O–H groups in total. The van der Waals surface area contributed by atoms with Crippen molar-refractivity contribution in [3.8, 4) is 0 Å². The standard InChI is InChI=1S/C20H15FN2/c21-19-12-7-13-20-18(19)14-15-22(20)23(16-8-3-1-4-9-16)17-10-5-2-6-11-17/h1-15H. The van der Waals surface area contributed by atoms with Gasteiger partial charge in [-0.05, 0) is 42.5 Å². The highest BCUT2D eigenvalue weighted by Crippen LogP contribution is 2.29. The molecule has 1 aromatic heterocycles. The molecule has 3 heteroatoms. The van der Waals surface area contributed by atoms with Crippen LogP contribution in [0.1, 0.15) is 0 Å². The Kier molecular flexibility index (Phi) is 3.31. The van der Waals surface area contributed by atoms with Gasteiger partial charge in [-0.1, -0.05) is 42.5 Å². The Labute approximate surface area is 134 Å². The molecule has 0 bridgehead atoms. The highest BCUT2D eigenvalue weighted by molar-refractivity contribution is 5.82. The Morgan fingerprint density at radius 3 is 1.87 bits per heavy atom. The van der Waals surface area contributed by atoms with Crippen molar-refractivity contribution >= 4 is 22.3 Å². The average Bonchev–Trinajstić information content (AvgIpc) is 3.03. The lowest BCUT2D eigenvalue weighted by Crippen LogP contribution is -2.23. The Morgan fingerprint density at radius 1 is 0.652 bits per heavy atom. The van der Waals surface area contributed by atoms with Crippen LogP contribution in [0.15, 0.2) is 91.1 Å². The molecular weight excluding hydrogens is 287 g/mol. The molecule has 0 radical (unpaired) electrons. The van der Waals surface area contributed by atoms with Crippen LogP contribution in [0.5, 0.6) is 0 Å². The molecule has 23 heavy (non-hydrogen) atoms. The van der Waals surface area contributed by atoms with Gasteiger partial charge in [-0.25, -0.2) is 9.40 Å². The van der Waals surface area contributed by atoms with E-state index in [1.54, 1.807) is 6.07 Å². The van der Waals surface area contributed by atoms with E-state index in [1.165, 1.54) is 6.07 Å². The van der Waals surface area contributed by atoms with Gasteiger partial charge in [-0.15, -0.1) is 0 Å². The van der Waals surface area contributed by atoms with E-state index >= 15 is 0 Å². The molecule has 4 aromatic rings. The predicted octanol–water partition coefficient (Wildman–Crippen LogP) is 5.38. The van der Waals surface area contributed by atoms with Crippen molar-refractivity contribution in [3.05, 3.63) is 96.9 Å². The van der Waals surface area contributed by atoms with E-state index in [0.717, 1.165) is 16.9 Å². The molecule has 0 saturated heterocycles. The number of aromatic nitrogens is 1. The van der Waals surface area contributed by atoms with E-state index in [4.69, 9.17) is 0 Å². The van der Waals surface area contributed by atoms with Crippen LogP contribution in [0.4, 0.5) is 15.8 Å². The summed E-state index contributed by atoms with van der Waals surface area (Å²) in [6.45, 7) is 0. The van der Waals surface area contributed by atoms with E-state index in [1.807, 2.05) is 83.7 Å². The Bertz CT molecular complexity index is 890. The number of anilines is 2. The summed E-state index contributed by atoms with van der Waals surface area (Å²) in [6.07, 6.45) is 1.90. The molecule has 4 rings (SSSR count). The molecule has 0 atom stereocenters. The number of halogens is 1. The lowest BCUT2D eigenvalue weighted by molar-refractivity contribution is 0.640. The van der Waals surface area contributed by atoms with Crippen LogP contribution in [0.3, 0.4) is 0 Å². The number of para-hydroxylation sites is 2. The summed E-state index contributed by atoms with van der Waals surface area (Å²) in [5, 5.41) is 2.69. The molecular formula is C20H15FN2. The fourth-order valence-electron chi connectivity index (χ4n) is 2.83. The van der Waals surface area contributed by atoms with Gasteiger partial charge in [-0.2, -0.15) is 0 Å². The zero-order valence-corrected chi connectivity index (χ0v) is 12.4. The van der Waals surface area contributed by atoms with Crippen LogP contribution in [-0.2, 0) is 0 Å². The van der Waals surface area contributed by atoms with E-state index in [-0.39, 0.29) is 5.82 Å². The smallest absolute Gasteiger partial charge is 0.132 e. The molecule has 2 nitrogen and oxygen atoms in total. The second-order valence-electron chi connectivity index (χ2n) is 5.32. The van der Waals surface area contributed by atoms with Crippen molar-refractivity contribution in [2.45, 2.75) is 0 Å². The molecule has 1 heterocycles. The number of benzene rings is 3. The summed E-state index contributed by atoms with van der Waals surface area (Å²) < 4.78 is 16.0. The number of hydrogen-bond donors (Lipinski definition) is 0. The fourth-order valence-corrected chi connectivity index (χ4v) is 2.83. The summed E-state index contributed by atoms with van der Waals surface area (Å²) >= 11 is 0. The Balaban J connectivity index is 1.96. The van der Waals surface area contributed by atoms with Crippen molar-refractivity contribution in [2.75, 3.05) is 5.01 Å². The zero-order valence-electron chi connectivity index (χ0n) is 12.4. The van der Waals surface area contributed by atoms with E-state index in [9.17, 15) is 4.39 Å². The fraction of sp³-hybridized carbons (Fsp3) is 0. The first kappa shape index (κ1) is 13.6. The van der Waals surface area contributed by atoms with Crippen molar-refractivity contribution in [1.82, 2.24) is 4.68 Å². The van der Waals surface area contributed by atoms with Crippen LogP contribution in [0.25, 0.3) is 10.9 Å². The first-order valence-electron chi connectivity index (χ1n) is 7.51. The third kappa shape index (κ3) is 2.36. The molecule has 0 spiro atoms. The van der Waals surface area contributed by atoms with Crippen molar-refractivity contribution in [2.24, 2.45) is 0 Å². The lowest BCUT2D eigenvalue weighted by atomic mass is 10.2. The van der Waals surface area contributed by atoms with Gasteiger partial charge in [0.2, 0.25) is 0 Å². The predicted molar refractivity (Wildman–Crippen MR) is 92.3 cm³/mol. The zero-order chi connectivity index (χ0) is 15.6. The molecule has 0 aliphatic carbocycles. The van der Waals surface area contributed by atoms with Crippen LogP contribution in [0.2, 0.25) is 0 Å². The van der Waals surface area contributed by atoms with Crippen molar-refractivity contribution in [1.29, 1.82) is 0 Å². The van der Waals surface area contributed by atoms with Crippen LogP contribution >= 0.6 is 0 Å². The van der Waals surface area contributed by atoms with Gasteiger partial charge < -0.3 is 0 Å². The summed E-state index contributed by atoms with van der Waals surface area (Å²) in [5.41, 5.74) is 2.86. The number of rotatable bonds is 3. The van der Waals surface area contributed by atoms with E-state index < -0.39 is 0 Å². The largest absolute Gasteiger partial charge is 0.256 e. The van der Waals surface area contributed by atoms with Gasteiger partial charge in [0.1, 0.15) is 5.82 Å². The van der Waals surface area contributed by atoms with Gasteiger partial charge in [0.25, 0.3) is 0 Å².